The highest BCUT2D eigenvalue weighted by Crippen LogP contribution is 2.40. The van der Waals surface area contributed by atoms with Gasteiger partial charge in [-0.1, -0.05) is 5.06 Å². The first-order valence-electron chi connectivity index (χ1n) is 8.21. The number of guanidine groups is 1. The highest BCUT2D eigenvalue weighted by molar-refractivity contribution is 5.80. The molecule has 1 aliphatic rings. The maximum atomic E-state index is 9.85. The number of nitrogens with zero attached hydrogens (tertiary/aromatic N) is 6. The first kappa shape index (κ1) is 25.8. The molecule has 16 heteroatoms. The number of hydroxylamine groups is 4. The molecule has 0 saturated carbocycles. The van der Waals surface area contributed by atoms with Crippen LogP contribution >= 0.6 is 0 Å². The van der Waals surface area contributed by atoms with Crippen molar-refractivity contribution in [3.8, 4) is 0 Å². The monoisotopic (exact) mass is 430 g/mol. The molecule has 1 heterocycles. The standard InChI is InChI=1S/C13H30N6O10/c1-26-12(16(7-22)8-23)14-11(15(5-20)6-21)18(28-3)13(27-2,19(12)29-4)17(9-24)10-25/h20-25H,5-10H2,1-4H3. The second-order valence-electron chi connectivity index (χ2n) is 5.39. The minimum atomic E-state index is -2.19. The highest BCUT2D eigenvalue weighted by Gasteiger charge is 2.66. The Hall–Kier alpha value is -1.25. The summed E-state index contributed by atoms with van der Waals surface area (Å²) in [6.07, 6.45) is 0. The van der Waals surface area contributed by atoms with Crippen molar-refractivity contribution >= 4 is 5.96 Å². The van der Waals surface area contributed by atoms with Crippen LogP contribution in [0.15, 0.2) is 4.99 Å². The van der Waals surface area contributed by atoms with Gasteiger partial charge in [-0.15, -0.1) is 0 Å². The summed E-state index contributed by atoms with van der Waals surface area (Å²) in [6.45, 7) is -4.73. The summed E-state index contributed by atoms with van der Waals surface area (Å²) in [5.74, 6) is -4.71. The van der Waals surface area contributed by atoms with E-state index < -0.39 is 52.3 Å². The zero-order chi connectivity index (χ0) is 22.2. The number of hydrogen-bond donors (Lipinski definition) is 6. The third kappa shape index (κ3) is 4.03. The van der Waals surface area contributed by atoms with Crippen molar-refractivity contribution in [3.05, 3.63) is 0 Å². The fourth-order valence-electron chi connectivity index (χ4n) is 2.90. The van der Waals surface area contributed by atoms with Gasteiger partial charge in [-0.25, -0.2) is 0 Å². The number of rotatable bonds is 12. The Kier molecular flexibility index (Phi) is 9.98. The Morgan fingerprint density at radius 3 is 1.59 bits per heavy atom. The van der Waals surface area contributed by atoms with Crippen LogP contribution in [-0.4, -0.2) is 142 Å². The van der Waals surface area contributed by atoms with Crippen molar-refractivity contribution in [2.75, 3.05) is 68.8 Å². The van der Waals surface area contributed by atoms with Gasteiger partial charge in [0.15, 0.2) is 0 Å². The SMILES string of the molecule is CON1C(N(CO)CO)=NC(OC)(N(CO)CO)N(OC)C1(OC)N(CO)CO. The molecule has 2 unspecified atom stereocenters. The van der Waals surface area contributed by atoms with Gasteiger partial charge in [-0.05, 0) is 0 Å². The molecular weight excluding hydrogens is 400 g/mol. The smallest absolute Gasteiger partial charge is 0.322 e. The predicted octanol–water partition coefficient (Wildman–Crippen LogP) is -4.80. The van der Waals surface area contributed by atoms with Crippen LogP contribution in [0.1, 0.15) is 0 Å². The Morgan fingerprint density at radius 1 is 0.759 bits per heavy atom. The molecule has 0 aromatic carbocycles. The molecule has 172 valence electrons. The molecule has 0 saturated heterocycles. The van der Waals surface area contributed by atoms with Gasteiger partial charge in [0.25, 0.3) is 0 Å². The fourth-order valence-corrected chi connectivity index (χ4v) is 2.90. The second kappa shape index (κ2) is 11.2. The lowest BCUT2D eigenvalue weighted by Crippen LogP contribution is -2.82. The zero-order valence-electron chi connectivity index (χ0n) is 16.7. The minimum Gasteiger partial charge on any atom is -0.381 e. The molecule has 0 spiro atoms. The molecule has 0 fully saturated rings. The third-order valence-electron chi connectivity index (χ3n) is 4.26. The van der Waals surface area contributed by atoms with Gasteiger partial charge < -0.3 is 40.1 Å². The van der Waals surface area contributed by atoms with E-state index >= 15 is 0 Å². The maximum Gasteiger partial charge on any atom is 0.322 e. The van der Waals surface area contributed by atoms with Crippen LogP contribution in [0.3, 0.4) is 0 Å². The van der Waals surface area contributed by atoms with E-state index in [1.807, 2.05) is 0 Å². The van der Waals surface area contributed by atoms with Gasteiger partial charge in [0.05, 0.1) is 14.2 Å². The molecule has 1 aliphatic heterocycles. The van der Waals surface area contributed by atoms with E-state index in [1.54, 1.807) is 0 Å². The summed E-state index contributed by atoms with van der Waals surface area (Å²) in [5, 5.41) is 60.3. The molecule has 0 aliphatic carbocycles. The summed E-state index contributed by atoms with van der Waals surface area (Å²) in [7, 11) is 4.70. The van der Waals surface area contributed by atoms with E-state index in [0.29, 0.717) is 0 Å². The van der Waals surface area contributed by atoms with Gasteiger partial charge in [0, 0.05) is 14.2 Å². The van der Waals surface area contributed by atoms with Crippen molar-refractivity contribution in [3.63, 3.8) is 0 Å². The molecule has 2 atom stereocenters. The van der Waals surface area contributed by atoms with Crippen LogP contribution in [-0.2, 0) is 19.1 Å². The topological polar surface area (TPSA) is 187 Å². The number of ether oxygens (including phenoxy) is 2. The Labute approximate surface area is 167 Å². The number of aliphatic imine (C=N–C) groups is 1. The summed E-state index contributed by atoms with van der Waals surface area (Å²) >= 11 is 0. The van der Waals surface area contributed by atoms with Crippen LogP contribution in [0.2, 0.25) is 0 Å². The number of aliphatic hydroxyl groups is 6. The molecule has 0 aromatic rings. The summed E-state index contributed by atoms with van der Waals surface area (Å²) in [6, 6.07) is 0. The second-order valence-corrected chi connectivity index (χ2v) is 5.39. The summed E-state index contributed by atoms with van der Waals surface area (Å²) in [4.78, 5) is 17.6. The molecule has 16 nitrogen and oxygen atoms in total. The minimum absolute atomic E-state index is 0.326. The first-order chi connectivity index (χ1) is 13.9. The van der Waals surface area contributed by atoms with E-state index in [2.05, 4.69) is 4.99 Å². The molecule has 0 aromatic heterocycles. The van der Waals surface area contributed by atoms with E-state index in [0.717, 1.165) is 24.8 Å². The molecule has 0 radical (unpaired) electrons. The van der Waals surface area contributed by atoms with Gasteiger partial charge >= 0.3 is 11.9 Å². The van der Waals surface area contributed by atoms with Crippen molar-refractivity contribution in [1.82, 2.24) is 24.8 Å². The molecule has 29 heavy (non-hydrogen) atoms. The Bertz CT molecular complexity index is 520. The largest absolute Gasteiger partial charge is 0.381 e. The van der Waals surface area contributed by atoms with Crippen LogP contribution in [0.25, 0.3) is 0 Å². The van der Waals surface area contributed by atoms with Crippen LogP contribution in [0.4, 0.5) is 0 Å². The Balaban J connectivity index is 4.00. The van der Waals surface area contributed by atoms with Crippen molar-refractivity contribution < 1.29 is 49.8 Å². The maximum absolute atomic E-state index is 9.85. The average Bonchev–Trinajstić information content (AvgIpc) is 2.75. The lowest BCUT2D eigenvalue weighted by Gasteiger charge is -2.59. The van der Waals surface area contributed by atoms with E-state index in [1.165, 1.54) is 28.4 Å². The van der Waals surface area contributed by atoms with Gasteiger partial charge in [0.1, 0.15) is 40.4 Å². The van der Waals surface area contributed by atoms with Crippen molar-refractivity contribution in [2.45, 2.75) is 11.9 Å². The predicted molar refractivity (Wildman–Crippen MR) is 92.6 cm³/mol. The molecule has 0 bridgehead atoms. The van der Waals surface area contributed by atoms with E-state index in [-0.39, 0.29) is 5.96 Å². The van der Waals surface area contributed by atoms with Crippen LogP contribution in [0, 0.1) is 0 Å². The van der Waals surface area contributed by atoms with Crippen LogP contribution < -0.4 is 0 Å². The van der Waals surface area contributed by atoms with Gasteiger partial charge in [-0.2, -0.15) is 19.9 Å². The first-order valence-corrected chi connectivity index (χ1v) is 8.21. The van der Waals surface area contributed by atoms with Gasteiger partial charge in [0.2, 0.25) is 5.96 Å². The number of methoxy groups -OCH3 is 2. The number of hydrogen-bond acceptors (Lipinski definition) is 16. The van der Waals surface area contributed by atoms with E-state index in [9.17, 15) is 30.6 Å². The third-order valence-corrected chi connectivity index (χ3v) is 4.26. The lowest BCUT2D eigenvalue weighted by atomic mass is 10.4. The molecule has 1 rings (SSSR count). The number of aliphatic hydroxyl groups excluding tert-OH is 6. The zero-order valence-corrected chi connectivity index (χ0v) is 16.7. The van der Waals surface area contributed by atoms with Crippen LogP contribution in [0.5, 0.6) is 0 Å². The molecule has 6 N–H and O–H groups in total. The molecule has 0 amide bonds. The normalized spacial score (nSPS) is 25.8. The molecular formula is C13H30N6O10. The highest BCUT2D eigenvalue weighted by atomic mass is 16.8. The summed E-state index contributed by atoms with van der Waals surface area (Å²) in [5.41, 5.74) is 0. The fraction of sp³-hybridized carbons (Fsp3) is 0.923. The van der Waals surface area contributed by atoms with Gasteiger partial charge in [-0.3, -0.25) is 14.6 Å². The van der Waals surface area contributed by atoms with E-state index in [4.69, 9.17) is 19.1 Å². The van der Waals surface area contributed by atoms with Crippen molar-refractivity contribution in [1.29, 1.82) is 0 Å². The quantitative estimate of drug-likeness (QED) is 0.162. The van der Waals surface area contributed by atoms with Crippen molar-refractivity contribution in [2.24, 2.45) is 4.99 Å². The lowest BCUT2D eigenvalue weighted by molar-refractivity contribution is -0.522. The summed E-state index contributed by atoms with van der Waals surface area (Å²) < 4.78 is 11.0. The Morgan fingerprint density at radius 2 is 1.28 bits per heavy atom. The average molecular weight is 430 g/mol.